The van der Waals surface area contributed by atoms with E-state index in [-0.39, 0.29) is 5.91 Å². The molecule has 0 spiro atoms. The molecule has 0 saturated carbocycles. The highest BCUT2D eigenvalue weighted by atomic mass is 16.1. The molecule has 86 valence electrons. The van der Waals surface area contributed by atoms with E-state index in [1.54, 1.807) is 6.92 Å². The maximum Gasteiger partial charge on any atom is 0.221 e. The smallest absolute Gasteiger partial charge is 0.221 e. The number of amides is 1. The number of hydrogen-bond acceptors (Lipinski definition) is 2. The highest BCUT2D eigenvalue weighted by Crippen LogP contribution is 2.29. The molecule has 1 heterocycles. The van der Waals surface area contributed by atoms with Gasteiger partial charge >= 0.3 is 0 Å². The minimum absolute atomic E-state index is 0.00350. The van der Waals surface area contributed by atoms with Crippen LogP contribution in [0.15, 0.2) is 24.3 Å². The van der Waals surface area contributed by atoms with E-state index in [1.165, 1.54) is 18.4 Å². The Labute approximate surface area is 96.2 Å². The van der Waals surface area contributed by atoms with Gasteiger partial charge in [-0.25, -0.2) is 0 Å². The van der Waals surface area contributed by atoms with Gasteiger partial charge in [0.15, 0.2) is 0 Å². The zero-order valence-electron chi connectivity index (χ0n) is 9.62. The highest BCUT2D eigenvalue weighted by Gasteiger charge is 2.17. The first-order chi connectivity index (χ1) is 7.77. The quantitative estimate of drug-likeness (QED) is 0.798. The fourth-order valence-electron chi connectivity index (χ4n) is 2.27. The van der Waals surface area contributed by atoms with Crippen molar-refractivity contribution >= 4 is 11.6 Å². The molecule has 0 aliphatic carbocycles. The Balaban J connectivity index is 2.20. The number of piperidine rings is 1. The molecule has 1 fully saturated rings. The summed E-state index contributed by atoms with van der Waals surface area (Å²) < 4.78 is 0. The predicted molar refractivity (Wildman–Crippen MR) is 65.6 cm³/mol. The van der Waals surface area contributed by atoms with Crippen LogP contribution in [0.4, 0.5) is 5.69 Å². The van der Waals surface area contributed by atoms with Gasteiger partial charge in [0.05, 0.1) is 0 Å². The Morgan fingerprint density at radius 2 is 2.25 bits per heavy atom. The second-order valence-corrected chi connectivity index (χ2v) is 4.31. The summed E-state index contributed by atoms with van der Waals surface area (Å²) in [4.78, 5) is 11.1. The van der Waals surface area contributed by atoms with Gasteiger partial charge in [0, 0.05) is 19.2 Å². The van der Waals surface area contributed by atoms with E-state index in [1.807, 2.05) is 18.2 Å². The second-order valence-electron chi connectivity index (χ2n) is 4.31. The third-order valence-electron chi connectivity index (χ3n) is 3.01. The maximum atomic E-state index is 11.1. The number of hydrogen-bond donors (Lipinski definition) is 2. The molecule has 0 bridgehead atoms. The minimum atomic E-state index is -0.00350. The first-order valence-electron chi connectivity index (χ1n) is 5.84. The number of anilines is 1. The molecule has 1 aromatic rings. The van der Waals surface area contributed by atoms with Gasteiger partial charge in [-0.3, -0.25) is 4.79 Å². The van der Waals surface area contributed by atoms with Crippen LogP contribution in [-0.2, 0) is 4.79 Å². The molecule has 1 aliphatic rings. The van der Waals surface area contributed by atoms with Crippen molar-refractivity contribution in [1.29, 1.82) is 0 Å². The van der Waals surface area contributed by atoms with Gasteiger partial charge in [-0.15, -0.1) is 0 Å². The average Bonchev–Trinajstić information content (AvgIpc) is 2.30. The van der Waals surface area contributed by atoms with E-state index >= 15 is 0 Å². The molecule has 0 radical (unpaired) electrons. The number of rotatable bonds is 2. The Morgan fingerprint density at radius 3 is 2.94 bits per heavy atom. The predicted octanol–water partition coefficient (Wildman–Crippen LogP) is 2.11. The highest BCUT2D eigenvalue weighted by molar-refractivity contribution is 5.89. The Kier molecular flexibility index (Phi) is 3.57. The Morgan fingerprint density at radius 1 is 1.44 bits per heavy atom. The van der Waals surface area contributed by atoms with E-state index in [0.29, 0.717) is 5.92 Å². The third-order valence-corrected chi connectivity index (χ3v) is 3.01. The van der Waals surface area contributed by atoms with E-state index in [4.69, 9.17) is 0 Å². The molecular formula is C13H18N2O. The van der Waals surface area contributed by atoms with Gasteiger partial charge in [-0.05, 0) is 36.9 Å². The van der Waals surface area contributed by atoms with Gasteiger partial charge < -0.3 is 10.6 Å². The van der Waals surface area contributed by atoms with Crippen molar-refractivity contribution in [1.82, 2.24) is 5.32 Å². The van der Waals surface area contributed by atoms with Gasteiger partial charge in [-0.1, -0.05) is 18.2 Å². The summed E-state index contributed by atoms with van der Waals surface area (Å²) in [5, 5.41) is 6.31. The van der Waals surface area contributed by atoms with Crippen LogP contribution in [0.5, 0.6) is 0 Å². The number of nitrogens with one attached hydrogen (secondary N) is 2. The van der Waals surface area contributed by atoms with E-state index in [2.05, 4.69) is 16.7 Å². The van der Waals surface area contributed by atoms with Crippen LogP contribution in [0.1, 0.15) is 31.2 Å². The fraction of sp³-hybridized carbons (Fsp3) is 0.462. The zero-order chi connectivity index (χ0) is 11.4. The standard InChI is InChI=1S/C13H18N2O/c1-10(16)15-13-7-3-2-6-12(13)11-5-4-8-14-9-11/h2-3,6-7,11,14H,4-5,8-9H2,1H3,(H,15,16)/t11-/m1/s1. The average molecular weight is 218 g/mol. The van der Waals surface area contributed by atoms with Crippen LogP contribution in [0.25, 0.3) is 0 Å². The third kappa shape index (κ3) is 2.61. The monoisotopic (exact) mass is 218 g/mol. The van der Waals surface area contributed by atoms with E-state index < -0.39 is 0 Å². The molecule has 2 N–H and O–H groups in total. The summed E-state index contributed by atoms with van der Waals surface area (Å²) in [6.07, 6.45) is 2.41. The molecule has 0 unspecified atom stereocenters. The summed E-state index contributed by atoms with van der Waals surface area (Å²) in [5.74, 6) is 0.521. The van der Waals surface area contributed by atoms with Crippen molar-refractivity contribution in [2.45, 2.75) is 25.7 Å². The fourth-order valence-corrected chi connectivity index (χ4v) is 2.27. The lowest BCUT2D eigenvalue weighted by Gasteiger charge is -2.25. The molecule has 2 rings (SSSR count). The molecule has 0 aromatic heterocycles. The molecular weight excluding hydrogens is 200 g/mol. The summed E-state index contributed by atoms with van der Waals surface area (Å²) >= 11 is 0. The first-order valence-corrected chi connectivity index (χ1v) is 5.84. The molecule has 3 heteroatoms. The van der Waals surface area contributed by atoms with E-state index in [9.17, 15) is 4.79 Å². The van der Waals surface area contributed by atoms with Crippen molar-refractivity contribution in [2.75, 3.05) is 18.4 Å². The van der Waals surface area contributed by atoms with Crippen LogP contribution < -0.4 is 10.6 Å². The van der Waals surface area contributed by atoms with Gasteiger partial charge in [0.2, 0.25) is 5.91 Å². The summed E-state index contributed by atoms with van der Waals surface area (Å²) in [6.45, 7) is 3.67. The zero-order valence-corrected chi connectivity index (χ0v) is 9.62. The lowest BCUT2D eigenvalue weighted by Crippen LogP contribution is -2.29. The Bertz CT molecular complexity index is 370. The Hall–Kier alpha value is -1.35. The largest absolute Gasteiger partial charge is 0.326 e. The minimum Gasteiger partial charge on any atom is -0.326 e. The molecule has 1 aliphatic heterocycles. The topological polar surface area (TPSA) is 41.1 Å². The van der Waals surface area contributed by atoms with Gasteiger partial charge in [-0.2, -0.15) is 0 Å². The van der Waals surface area contributed by atoms with Crippen LogP contribution in [0.3, 0.4) is 0 Å². The van der Waals surface area contributed by atoms with Crippen LogP contribution >= 0.6 is 0 Å². The van der Waals surface area contributed by atoms with Crippen LogP contribution in [0.2, 0.25) is 0 Å². The van der Waals surface area contributed by atoms with Crippen LogP contribution in [-0.4, -0.2) is 19.0 Å². The molecule has 1 amide bonds. The number of carbonyl (C=O) groups is 1. The van der Waals surface area contributed by atoms with Gasteiger partial charge in [0.1, 0.15) is 0 Å². The normalized spacial score (nSPS) is 20.4. The molecule has 1 atom stereocenters. The second kappa shape index (κ2) is 5.12. The first kappa shape index (κ1) is 11.1. The molecule has 1 aromatic carbocycles. The lowest BCUT2D eigenvalue weighted by atomic mass is 9.90. The number of benzene rings is 1. The number of carbonyl (C=O) groups excluding carboxylic acids is 1. The van der Waals surface area contributed by atoms with Crippen molar-refractivity contribution in [2.24, 2.45) is 0 Å². The van der Waals surface area contributed by atoms with Crippen molar-refractivity contribution in [3.63, 3.8) is 0 Å². The summed E-state index contributed by atoms with van der Waals surface area (Å²) in [5.41, 5.74) is 2.22. The van der Waals surface area contributed by atoms with Crippen molar-refractivity contribution in [3.05, 3.63) is 29.8 Å². The summed E-state index contributed by atoms with van der Waals surface area (Å²) in [7, 11) is 0. The number of para-hydroxylation sites is 1. The van der Waals surface area contributed by atoms with Gasteiger partial charge in [0.25, 0.3) is 0 Å². The maximum absolute atomic E-state index is 11.1. The van der Waals surface area contributed by atoms with E-state index in [0.717, 1.165) is 18.8 Å². The van der Waals surface area contributed by atoms with Crippen LogP contribution in [0, 0.1) is 0 Å². The molecule has 16 heavy (non-hydrogen) atoms. The SMILES string of the molecule is CC(=O)Nc1ccccc1[C@@H]1CCCNC1. The van der Waals surface area contributed by atoms with Crippen molar-refractivity contribution in [3.8, 4) is 0 Å². The lowest BCUT2D eigenvalue weighted by molar-refractivity contribution is -0.114. The van der Waals surface area contributed by atoms with Crippen molar-refractivity contribution < 1.29 is 4.79 Å². The molecule has 3 nitrogen and oxygen atoms in total. The summed E-state index contributed by atoms with van der Waals surface area (Å²) in [6, 6.07) is 8.09. The molecule has 1 saturated heterocycles.